The third kappa shape index (κ3) is 6.01. The maximum Gasteiger partial charge on any atom is 0.0836 e. The second-order valence-electron chi connectivity index (χ2n) is 4.78. The van der Waals surface area contributed by atoms with Crippen molar-refractivity contribution >= 4 is 17.5 Å². The summed E-state index contributed by atoms with van der Waals surface area (Å²) in [6, 6.07) is 30.3. The minimum absolute atomic E-state index is 0.639. The van der Waals surface area contributed by atoms with Crippen molar-refractivity contribution in [2.24, 2.45) is 5.16 Å². The van der Waals surface area contributed by atoms with Gasteiger partial charge in [0.1, 0.15) is 0 Å². The number of hydrogen-bond acceptors (Lipinski definition) is 3. The molecule has 0 saturated heterocycles. The highest BCUT2D eigenvalue weighted by Crippen LogP contribution is 2.26. The summed E-state index contributed by atoms with van der Waals surface area (Å²) in [4.78, 5) is 2.57. The summed E-state index contributed by atoms with van der Waals surface area (Å²) in [6.07, 6.45) is 0. The number of nitrogens with zero attached hydrogens (tertiary/aromatic N) is 1. The fraction of sp³-hybridized carbons (Fsp3) is 0.0500. The normalized spacial score (nSPS) is 10.6. The molecule has 0 aliphatic heterocycles. The molecule has 2 nitrogen and oxygen atoms in total. The largest absolute Gasteiger partial charge is 0.411 e. The summed E-state index contributed by atoms with van der Waals surface area (Å²) in [5.74, 6) is 0. The molecule has 0 aliphatic carbocycles. The second-order valence-corrected chi connectivity index (χ2v) is 5.93. The lowest BCUT2D eigenvalue weighted by molar-refractivity contribution is 0.319. The standard InChI is InChI=1S/C12H10S.C8H9NO/c1-3-7-11(8-4-1)13-12-9-5-2-6-10-12;1-7(9-10)8-5-3-2-4-6-8/h1-10H;2-6,10H,1H3. The van der Waals surface area contributed by atoms with Crippen LogP contribution in [0.4, 0.5) is 0 Å². The molecule has 0 radical (unpaired) electrons. The molecule has 0 amide bonds. The Labute approximate surface area is 141 Å². The SMILES string of the molecule is CC(=NO)c1ccccc1.c1ccc(Sc2ccccc2)cc1. The maximum absolute atomic E-state index is 8.38. The van der Waals surface area contributed by atoms with Gasteiger partial charge in [-0.25, -0.2) is 0 Å². The van der Waals surface area contributed by atoms with Crippen molar-refractivity contribution in [1.29, 1.82) is 0 Å². The molecule has 0 unspecified atom stereocenters. The summed E-state index contributed by atoms with van der Waals surface area (Å²) in [7, 11) is 0. The maximum atomic E-state index is 8.38. The molecule has 0 heterocycles. The number of hydrogen-bond donors (Lipinski definition) is 1. The fourth-order valence-electron chi connectivity index (χ4n) is 1.85. The molecular formula is C20H19NOS. The van der Waals surface area contributed by atoms with Gasteiger partial charge in [-0.15, -0.1) is 0 Å². The molecule has 116 valence electrons. The van der Waals surface area contributed by atoms with E-state index in [0.29, 0.717) is 5.71 Å². The van der Waals surface area contributed by atoms with Crippen LogP contribution in [0.1, 0.15) is 12.5 Å². The van der Waals surface area contributed by atoms with Gasteiger partial charge < -0.3 is 5.21 Å². The van der Waals surface area contributed by atoms with Crippen LogP contribution in [0.3, 0.4) is 0 Å². The first kappa shape index (κ1) is 16.8. The molecule has 0 spiro atoms. The summed E-state index contributed by atoms with van der Waals surface area (Å²) < 4.78 is 0. The summed E-state index contributed by atoms with van der Waals surface area (Å²) >= 11 is 1.79. The van der Waals surface area contributed by atoms with Gasteiger partial charge in [-0.3, -0.25) is 0 Å². The number of benzene rings is 3. The van der Waals surface area contributed by atoms with Crippen molar-refractivity contribution in [3.63, 3.8) is 0 Å². The van der Waals surface area contributed by atoms with Crippen molar-refractivity contribution in [2.75, 3.05) is 0 Å². The van der Waals surface area contributed by atoms with Gasteiger partial charge in [0.05, 0.1) is 5.71 Å². The van der Waals surface area contributed by atoms with Crippen LogP contribution in [0.15, 0.2) is 106 Å². The number of oxime groups is 1. The van der Waals surface area contributed by atoms with Crippen LogP contribution in [0.25, 0.3) is 0 Å². The topological polar surface area (TPSA) is 32.6 Å². The Morgan fingerprint density at radius 2 is 1.09 bits per heavy atom. The van der Waals surface area contributed by atoms with Gasteiger partial charge in [0, 0.05) is 9.79 Å². The molecule has 0 bridgehead atoms. The Hall–Kier alpha value is -2.52. The molecule has 0 saturated carbocycles. The van der Waals surface area contributed by atoms with Crippen LogP contribution in [0, 0.1) is 0 Å². The van der Waals surface area contributed by atoms with E-state index in [-0.39, 0.29) is 0 Å². The summed E-state index contributed by atoms with van der Waals surface area (Å²) in [6.45, 7) is 1.76. The van der Waals surface area contributed by atoms with Gasteiger partial charge in [0.15, 0.2) is 0 Å². The lowest BCUT2D eigenvalue weighted by Gasteiger charge is -1.99. The van der Waals surface area contributed by atoms with Crippen molar-refractivity contribution in [3.8, 4) is 0 Å². The van der Waals surface area contributed by atoms with Gasteiger partial charge in [0.2, 0.25) is 0 Å². The molecule has 0 aromatic heterocycles. The van der Waals surface area contributed by atoms with E-state index in [0.717, 1.165) is 5.56 Å². The predicted octanol–water partition coefficient (Wildman–Crippen LogP) is 5.72. The first-order valence-corrected chi connectivity index (χ1v) is 8.13. The zero-order valence-electron chi connectivity index (χ0n) is 13.0. The minimum Gasteiger partial charge on any atom is -0.411 e. The third-order valence-electron chi connectivity index (χ3n) is 3.06. The lowest BCUT2D eigenvalue weighted by Crippen LogP contribution is -1.92. The van der Waals surface area contributed by atoms with E-state index in [4.69, 9.17) is 5.21 Å². The zero-order valence-corrected chi connectivity index (χ0v) is 13.8. The van der Waals surface area contributed by atoms with Gasteiger partial charge in [0.25, 0.3) is 0 Å². The molecule has 0 aliphatic rings. The smallest absolute Gasteiger partial charge is 0.0836 e. The molecule has 0 fully saturated rings. The third-order valence-corrected chi connectivity index (χ3v) is 4.08. The predicted molar refractivity (Wildman–Crippen MR) is 97.4 cm³/mol. The highest BCUT2D eigenvalue weighted by Gasteiger charge is 1.93. The van der Waals surface area contributed by atoms with Crippen LogP contribution in [-0.2, 0) is 0 Å². The van der Waals surface area contributed by atoms with Crippen molar-refractivity contribution in [1.82, 2.24) is 0 Å². The highest BCUT2D eigenvalue weighted by molar-refractivity contribution is 7.99. The molecule has 3 aromatic rings. The lowest BCUT2D eigenvalue weighted by atomic mass is 10.1. The van der Waals surface area contributed by atoms with Crippen LogP contribution < -0.4 is 0 Å². The molecule has 3 heteroatoms. The fourth-order valence-corrected chi connectivity index (χ4v) is 2.71. The van der Waals surface area contributed by atoms with Gasteiger partial charge >= 0.3 is 0 Å². The first-order chi connectivity index (χ1) is 11.3. The van der Waals surface area contributed by atoms with E-state index in [1.807, 2.05) is 42.5 Å². The minimum atomic E-state index is 0.639. The van der Waals surface area contributed by atoms with Crippen molar-refractivity contribution in [3.05, 3.63) is 96.6 Å². The summed E-state index contributed by atoms with van der Waals surface area (Å²) in [5, 5.41) is 11.5. The van der Waals surface area contributed by atoms with Crippen LogP contribution >= 0.6 is 11.8 Å². The Morgan fingerprint density at radius 3 is 1.48 bits per heavy atom. The van der Waals surface area contributed by atoms with E-state index in [1.165, 1.54) is 9.79 Å². The van der Waals surface area contributed by atoms with Crippen LogP contribution in [0.5, 0.6) is 0 Å². The summed E-state index contributed by atoms with van der Waals surface area (Å²) in [5.41, 5.74) is 1.59. The van der Waals surface area contributed by atoms with E-state index >= 15 is 0 Å². The quantitative estimate of drug-likeness (QED) is 0.380. The average molecular weight is 321 g/mol. The van der Waals surface area contributed by atoms with Gasteiger partial charge in [-0.05, 0) is 36.8 Å². The Balaban J connectivity index is 0.000000174. The van der Waals surface area contributed by atoms with Crippen LogP contribution in [-0.4, -0.2) is 10.9 Å². The Morgan fingerprint density at radius 1 is 0.696 bits per heavy atom. The Bertz CT molecular complexity index is 675. The first-order valence-electron chi connectivity index (χ1n) is 7.31. The molecular weight excluding hydrogens is 302 g/mol. The van der Waals surface area contributed by atoms with Gasteiger partial charge in [-0.2, -0.15) is 0 Å². The van der Waals surface area contributed by atoms with E-state index in [2.05, 4.69) is 53.7 Å². The highest BCUT2D eigenvalue weighted by atomic mass is 32.2. The van der Waals surface area contributed by atoms with E-state index in [1.54, 1.807) is 18.7 Å². The zero-order chi connectivity index (χ0) is 16.3. The second kappa shape index (κ2) is 9.49. The Kier molecular flexibility index (Phi) is 6.95. The average Bonchev–Trinajstić information content (AvgIpc) is 2.64. The van der Waals surface area contributed by atoms with E-state index < -0.39 is 0 Å². The number of rotatable bonds is 3. The molecule has 3 rings (SSSR count). The molecule has 1 N–H and O–H groups in total. The van der Waals surface area contributed by atoms with Gasteiger partial charge in [-0.1, -0.05) is 83.6 Å². The van der Waals surface area contributed by atoms with E-state index in [9.17, 15) is 0 Å². The molecule has 23 heavy (non-hydrogen) atoms. The molecule has 3 aromatic carbocycles. The van der Waals surface area contributed by atoms with Crippen LogP contribution in [0.2, 0.25) is 0 Å². The molecule has 0 atom stereocenters. The van der Waals surface area contributed by atoms with Crippen molar-refractivity contribution in [2.45, 2.75) is 16.7 Å². The van der Waals surface area contributed by atoms with Crippen molar-refractivity contribution < 1.29 is 5.21 Å². The monoisotopic (exact) mass is 321 g/mol.